The molecule has 2 unspecified atom stereocenters. The Morgan fingerprint density at radius 1 is 1.08 bits per heavy atom. The number of fused-ring (bicyclic) bond motifs is 3. The number of likely N-dealkylation sites (N-methyl/N-ethyl adjacent to an activating group) is 1. The van der Waals surface area contributed by atoms with E-state index in [1.807, 2.05) is 0 Å². The molecule has 4 nitrogen and oxygen atoms in total. The summed E-state index contributed by atoms with van der Waals surface area (Å²) in [6.45, 7) is 4.81. The third kappa shape index (κ3) is 3.48. The van der Waals surface area contributed by atoms with E-state index in [1.54, 1.807) is 0 Å². The van der Waals surface area contributed by atoms with Crippen LogP contribution in [-0.4, -0.2) is 47.9 Å². The van der Waals surface area contributed by atoms with Crippen LogP contribution in [0.15, 0.2) is 18.2 Å². The summed E-state index contributed by atoms with van der Waals surface area (Å²) in [4.78, 5) is 18.0. The smallest absolute Gasteiger partial charge is 0.226 e. The molecule has 3 aliphatic rings. The summed E-state index contributed by atoms with van der Waals surface area (Å²) in [6, 6.07) is 7.65. The van der Waals surface area contributed by atoms with Crippen molar-refractivity contribution in [3.63, 3.8) is 0 Å². The molecule has 0 aromatic heterocycles. The first-order valence-electron chi connectivity index (χ1n) is 10.5. The summed E-state index contributed by atoms with van der Waals surface area (Å²) in [6.07, 6.45) is 8.25. The lowest BCUT2D eigenvalue weighted by Crippen LogP contribution is -2.44. The van der Waals surface area contributed by atoms with E-state index in [9.17, 15) is 4.79 Å². The van der Waals surface area contributed by atoms with Crippen LogP contribution in [0.3, 0.4) is 0 Å². The van der Waals surface area contributed by atoms with E-state index < -0.39 is 0 Å². The fourth-order valence-corrected chi connectivity index (χ4v) is 5.26. The van der Waals surface area contributed by atoms with E-state index in [4.69, 9.17) is 0 Å². The van der Waals surface area contributed by atoms with Crippen LogP contribution in [0.5, 0.6) is 0 Å². The van der Waals surface area contributed by atoms with Crippen LogP contribution in [0.25, 0.3) is 0 Å². The first-order chi connectivity index (χ1) is 12.6. The second-order valence-corrected chi connectivity index (χ2v) is 8.58. The quantitative estimate of drug-likeness (QED) is 0.832. The maximum Gasteiger partial charge on any atom is 0.226 e. The molecule has 1 aliphatic carbocycles. The predicted octanol–water partition coefficient (Wildman–Crippen LogP) is 3.79. The number of hydrogen-bond donors (Lipinski definition) is 1. The summed E-state index contributed by atoms with van der Waals surface area (Å²) in [5.74, 6) is 0.648. The molecule has 1 saturated heterocycles. The van der Waals surface area contributed by atoms with Gasteiger partial charge in [0.05, 0.1) is 0 Å². The van der Waals surface area contributed by atoms with Gasteiger partial charge in [-0.3, -0.25) is 9.69 Å². The Morgan fingerprint density at radius 3 is 2.65 bits per heavy atom. The Morgan fingerprint density at radius 2 is 1.85 bits per heavy atom. The molecule has 4 rings (SSSR count). The Bertz CT molecular complexity index is 653. The Labute approximate surface area is 157 Å². The van der Waals surface area contributed by atoms with Gasteiger partial charge in [-0.05, 0) is 57.2 Å². The molecule has 2 bridgehead atoms. The molecular weight excluding hydrogens is 322 g/mol. The van der Waals surface area contributed by atoms with Gasteiger partial charge in [0.25, 0.3) is 0 Å². The van der Waals surface area contributed by atoms with Crippen LogP contribution in [0, 0.1) is 12.8 Å². The lowest BCUT2D eigenvalue weighted by atomic mass is 10.0. The van der Waals surface area contributed by atoms with Crippen LogP contribution in [0.2, 0.25) is 0 Å². The van der Waals surface area contributed by atoms with Gasteiger partial charge in [0.1, 0.15) is 0 Å². The first-order valence-corrected chi connectivity index (χ1v) is 10.5. The van der Waals surface area contributed by atoms with Crippen LogP contribution in [0.1, 0.15) is 56.1 Å². The lowest BCUT2D eigenvalue weighted by molar-refractivity contribution is -0.136. The van der Waals surface area contributed by atoms with Gasteiger partial charge in [-0.1, -0.05) is 31.0 Å². The monoisotopic (exact) mass is 355 g/mol. The second kappa shape index (κ2) is 7.59. The predicted molar refractivity (Wildman–Crippen MR) is 106 cm³/mol. The minimum Gasteiger partial charge on any atom is -0.384 e. The summed E-state index contributed by atoms with van der Waals surface area (Å²) in [5, 5.41) is 3.70. The zero-order chi connectivity index (χ0) is 18.1. The van der Waals surface area contributed by atoms with Crippen molar-refractivity contribution in [2.45, 2.75) is 70.5 Å². The molecule has 1 aromatic carbocycles. The summed E-state index contributed by atoms with van der Waals surface area (Å²) < 4.78 is 0. The Hall–Kier alpha value is -1.55. The number of para-hydroxylation sites is 1. The average molecular weight is 356 g/mol. The van der Waals surface area contributed by atoms with Crippen LogP contribution < -0.4 is 5.32 Å². The third-order valence-electron chi connectivity index (χ3n) is 6.93. The van der Waals surface area contributed by atoms with Crippen LogP contribution in [0.4, 0.5) is 5.69 Å². The molecule has 2 atom stereocenters. The van der Waals surface area contributed by atoms with Gasteiger partial charge in [0.15, 0.2) is 0 Å². The van der Waals surface area contributed by atoms with Gasteiger partial charge in [-0.2, -0.15) is 0 Å². The normalized spacial score (nSPS) is 27.7. The SMILES string of the molecule is Cc1cccc2c1NCCC1CCC(CN(C(=O)C3CCCC3)C2)N1C. The lowest BCUT2D eigenvalue weighted by Gasteiger charge is -2.32. The van der Waals surface area contributed by atoms with E-state index in [-0.39, 0.29) is 5.92 Å². The van der Waals surface area contributed by atoms with Crippen molar-refractivity contribution in [2.75, 3.05) is 25.5 Å². The zero-order valence-corrected chi connectivity index (χ0v) is 16.3. The van der Waals surface area contributed by atoms with E-state index in [0.717, 1.165) is 32.5 Å². The first kappa shape index (κ1) is 17.8. The van der Waals surface area contributed by atoms with E-state index in [1.165, 1.54) is 48.9 Å². The number of amides is 1. The molecule has 0 spiro atoms. The van der Waals surface area contributed by atoms with Crippen molar-refractivity contribution in [2.24, 2.45) is 5.92 Å². The molecule has 1 aromatic rings. The molecular formula is C22H33N3O. The minimum atomic E-state index is 0.254. The van der Waals surface area contributed by atoms with Crippen molar-refractivity contribution in [1.82, 2.24) is 9.80 Å². The molecule has 2 heterocycles. The molecule has 2 aliphatic heterocycles. The van der Waals surface area contributed by atoms with E-state index in [2.05, 4.69) is 47.3 Å². The number of benzene rings is 1. The Balaban J connectivity index is 1.65. The summed E-state index contributed by atoms with van der Waals surface area (Å²) in [7, 11) is 2.26. The van der Waals surface area contributed by atoms with Crippen LogP contribution in [-0.2, 0) is 11.3 Å². The van der Waals surface area contributed by atoms with Crippen molar-refractivity contribution in [3.8, 4) is 0 Å². The summed E-state index contributed by atoms with van der Waals surface area (Å²) >= 11 is 0. The molecule has 2 fully saturated rings. The van der Waals surface area contributed by atoms with Gasteiger partial charge in [0.2, 0.25) is 5.91 Å². The average Bonchev–Trinajstić information content (AvgIpc) is 3.26. The largest absolute Gasteiger partial charge is 0.384 e. The topological polar surface area (TPSA) is 35.6 Å². The minimum absolute atomic E-state index is 0.254. The number of anilines is 1. The highest BCUT2D eigenvalue weighted by Gasteiger charge is 2.35. The fourth-order valence-electron chi connectivity index (χ4n) is 5.26. The number of carbonyl (C=O) groups is 1. The highest BCUT2D eigenvalue weighted by Crippen LogP contribution is 2.32. The molecule has 4 heteroatoms. The molecule has 26 heavy (non-hydrogen) atoms. The number of nitrogens with zero attached hydrogens (tertiary/aromatic N) is 2. The standard InChI is InChI=1S/C22H33N3O/c1-16-6-5-9-18-14-25(22(26)17-7-3-4-8-17)15-20-11-10-19(24(20)2)12-13-23-21(16)18/h5-6,9,17,19-20,23H,3-4,7-8,10-15H2,1-2H3. The number of nitrogens with one attached hydrogen (secondary N) is 1. The number of hydrogen-bond acceptors (Lipinski definition) is 3. The van der Waals surface area contributed by atoms with Crippen molar-refractivity contribution >= 4 is 11.6 Å². The van der Waals surface area contributed by atoms with Gasteiger partial charge in [0, 0.05) is 43.3 Å². The highest BCUT2D eigenvalue weighted by molar-refractivity contribution is 5.79. The van der Waals surface area contributed by atoms with Crippen LogP contribution >= 0.6 is 0 Å². The summed E-state index contributed by atoms with van der Waals surface area (Å²) in [5.41, 5.74) is 3.81. The van der Waals surface area contributed by atoms with Gasteiger partial charge >= 0.3 is 0 Å². The van der Waals surface area contributed by atoms with Gasteiger partial charge in [-0.25, -0.2) is 0 Å². The zero-order valence-electron chi connectivity index (χ0n) is 16.3. The maximum atomic E-state index is 13.3. The third-order valence-corrected chi connectivity index (χ3v) is 6.93. The van der Waals surface area contributed by atoms with E-state index in [0.29, 0.717) is 18.0 Å². The molecule has 1 N–H and O–H groups in total. The van der Waals surface area contributed by atoms with Gasteiger partial charge in [-0.15, -0.1) is 0 Å². The van der Waals surface area contributed by atoms with Crippen molar-refractivity contribution in [1.29, 1.82) is 0 Å². The van der Waals surface area contributed by atoms with Crippen molar-refractivity contribution < 1.29 is 4.79 Å². The number of aryl methyl sites for hydroxylation is 1. The van der Waals surface area contributed by atoms with E-state index >= 15 is 0 Å². The molecule has 142 valence electrons. The maximum absolute atomic E-state index is 13.3. The number of rotatable bonds is 1. The Kier molecular flexibility index (Phi) is 5.21. The number of carbonyl (C=O) groups excluding carboxylic acids is 1. The molecule has 0 radical (unpaired) electrons. The molecule has 1 amide bonds. The van der Waals surface area contributed by atoms with Crippen molar-refractivity contribution in [3.05, 3.63) is 29.3 Å². The molecule has 1 saturated carbocycles. The second-order valence-electron chi connectivity index (χ2n) is 8.58. The fraction of sp³-hybridized carbons (Fsp3) is 0.682. The highest BCUT2D eigenvalue weighted by atomic mass is 16.2. The van der Waals surface area contributed by atoms with Gasteiger partial charge < -0.3 is 10.2 Å².